The zero-order valence-electron chi connectivity index (χ0n) is 21.4. The monoisotopic (exact) mass is 533 g/mol. The summed E-state index contributed by atoms with van der Waals surface area (Å²) in [5.74, 6) is -0.649. The Kier molecular flexibility index (Phi) is 5.39. The van der Waals surface area contributed by atoms with Gasteiger partial charge in [-0.15, -0.1) is 0 Å². The number of aromatic amines is 2. The van der Waals surface area contributed by atoms with Crippen LogP contribution in [-0.4, -0.2) is 40.8 Å². The predicted octanol–water partition coefficient (Wildman–Crippen LogP) is 4.70. The number of halogens is 1. The minimum Gasteiger partial charge on any atom is -0.478 e. The van der Waals surface area contributed by atoms with Gasteiger partial charge in [0.05, 0.1) is 41.1 Å². The molecule has 1 aliphatic rings. The Hall–Kier alpha value is -5.09. The first-order valence-corrected chi connectivity index (χ1v) is 12.8. The van der Waals surface area contributed by atoms with Crippen molar-refractivity contribution in [3.8, 4) is 11.3 Å². The first kappa shape index (κ1) is 24.0. The van der Waals surface area contributed by atoms with E-state index in [1.54, 1.807) is 35.3 Å². The lowest BCUT2D eigenvalue weighted by atomic mass is 9.77. The Morgan fingerprint density at radius 1 is 1.07 bits per heavy atom. The number of pyridine rings is 1. The summed E-state index contributed by atoms with van der Waals surface area (Å²) in [6, 6.07) is 17.1. The van der Waals surface area contributed by atoms with E-state index in [-0.39, 0.29) is 17.4 Å². The van der Waals surface area contributed by atoms with Crippen LogP contribution in [0.4, 0.5) is 4.39 Å². The van der Waals surface area contributed by atoms with Gasteiger partial charge in [-0.25, -0.2) is 14.2 Å². The lowest BCUT2D eigenvalue weighted by molar-refractivity contribution is 0.0696. The van der Waals surface area contributed by atoms with Crippen LogP contribution in [0.3, 0.4) is 0 Å². The van der Waals surface area contributed by atoms with Crippen LogP contribution in [0, 0.1) is 5.82 Å². The number of hydrogen-bond donors (Lipinski definition) is 4. The van der Waals surface area contributed by atoms with Crippen LogP contribution in [0.2, 0.25) is 0 Å². The van der Waals surface area contributed by atoms with E-state index in [1.807, 2.05) is 31.4 Å². The van der Waals surface area contributed by atoms with E-state index in [1.165, 1.54) is 24.4 Å². The molecule has 0 aliphatic carbocycles. The van der Waals surface area contributed by atoms with Crippen molar-refractivity contribution >= 4 is 16.9 Å². The molecule has 0 radical (unpaired) electrons. The Labute approximate surface area is 227 Å². The van der Waals surface area contributed by atoms with Gasteiger partial charge in [0.15, 0.2) is 0 Å². The number of nitrogens with zero attached hydrogens (tertiary/aromatic N) is 4. The van der Waals surface area contributed by atoms with Crippen molar-refractivity contribution in [2.75, 3.05) is 0 Å². The molecule has 1 aliphatic heterocycles. The van der Waals surface area contributed by atoms with Gasteiger partial charge in [-0.05, 0) is 60.0 Å². The van der Waals surface area contributed by atoms with Crippen molar-refractivity contribution in [2.45, 2.75) is 18.0 Å². The number of carbonyl (C=O) groups is 1. The fourth-order valence-corrected chi connectivity index (χ4v) is 5.74. The fourth-order valence-electron chi connectivity index (χ4n) is 5.74. The van der Waals surface area contributed by atoms with Gasteiger partial charge in [0.1, 0.15) is 17.2 Å². The number of carboxylic acid groups (broad SMARTS) is 1. The minimum absolute atomic E-state index is 0.131. The number of aromatic carboxylic acids is 1. The van der Waals surface area contributed by atoms with E-state index in [0.717, 1.165) is 39.0 Å². The van der Waals surface area contributed by atoms with Crippen molar-refractivity contribution in [2.24, 2.45) is 7.05 Å². The SMILES string of the molecule is Cn1cc([C@@]2(c3cc(C(=O)O)ccn3)NC(c3ncc(-c4ccc(F)cc4)[nH]3)Cc3c2[nH]c2ccccc32)cn1. The highest BCUT2D eigenvalue weighted by atomic mass is 19.1. The highest BCUT2D eigenvalue weighted by molar-refractivity contribution is 5.88. The molecule has 4 N–H and O–H groups in total. The van der Waals surface area contributed by atoms with E-state index >= 15 is 0 Å². The predicted molar refractivity (Wildman–Crippen MR) is 146 cm³/mol. The van der Waals surface area contributed by atoms with E-state index in [0.29, 0.717) is 17.9 Å². The summed E-state index contributed by atoms with van der Waals surface area (Å²) >= 11 is 0. The van der Waals surface area contributed by atoms with E-state index in [9.17, 15) is 14.3 Å². The van der Waals surface area contributed by atoms with Crippen LogP contribution in [-0.2, 0) is 19.0 Å². The molecule has 10 heteroatoms. The van der Waals surface area contributed by atoms with Gasteiger partial charge < -0.3 is 15.1 Å². The third kappa shape index (κ3) is 3.72. The van der Waals surface area contributed by atoms with Gasteiger partial charge in [0.2, 0.25) is 0 Å². The van der Waals surface area contributed by atoms with Gasteiger partial charge in [-0.2, -0.15) is 5.10 Å². The highest BCUT2D eigenvalue weighted by Crippen LogP contribution is 2.46. The lowest BCUT2D eigenvalue weighted by Crippen LogP contribution is -2.51. The van der Waals surface area contributed by atoms with Gasteiger partial charge in [0, 0.05) is 35.9 Å². The number of imidazole rings is 1. The number of carboxylic acids is 1. The molecular formula is C30H24FN7O2. The zero-order valence-corrected chi connectivity index (χ0v) is 21.4. The topological polar surface area (TPSA) is 125 Å². The zero-order chi connectivity index (χ0) is 27.4. The van der Waals surface area contributed by atoms with Gasteiger partial charge in [-0.1, -0.05) is 18.2 Å². The average Bonchev–Trinajstić information content (AvgIpc) is 3.72. The molecule has 40 heavy (non-hydrogen) atoms. The summed E-state index contributed by atoms with van der Waals surface area (Å²) in [4.78, 5) is 28.5. The fraction of sp³-hybridized carbons (Fsp3) is 0.133. The van der Waals surface area contributed by atoms with Crippen molar-refractivity contribution in [1.29, 1.82) is 0 Å². The first-order valence-electron chi connectivity index (χ1n) is 12.8. The van der Waals surface area contributed by atoms with Crippen LogP contribution in [0.15, 0.2) is 85.5 Å². The third-order valence-electron chi connectivity index (χ3n) is 7.60. The minimum atomic E-state index is -1.07. The summed E-state index contributed by atoms with van der Waals surface area (Å²) in [7, 11) is 1.84. The Morgan fingerprint density at radius 3 is 2.67 bits per heavy atom. The number of aromatic nitrogens is 6. The van der Waals surface area contributed by atoms with Crippen LogP contribution >= 0.6 is 0 Å². The summed E-state index contributed by atoms with van der Waals surface area (Å²) < 4.78 is 15.2. The normalized spacial score (nSPS) is 18.6. The molecule has 6 aromatic rings. The standard InChI is InChI=1S/C30H24FN7O2/c1-38-16-19(14-34-38)30(26-12-18(29(39)40)10-11-32-26)27-22(21-4-2-3-5-23(21)35-27)13-24(37-30)28-33-15-25(36-28)17-6-8-20(31)9-7-17/h2-12,14-16,24,35,37H,13H2,1H3,(H,33,36)(H,39,40)/t24?,30-/m0/s1. The molecule has 0 saturated heterocycles. The molecule has 2 atom stereocenters. The number of rotatable bonds is 5. The maximum absolute atomic E-state index is 13.5. The maximum Gasteiger partial charge on any atom is 0.335 e. The molecule has 0 saturated carbocycles. The summed E-state index contributed by atoms with van der Waals surface area (Å²) in [6.07, 6.45) is 7.54. The number of H-pyrrole nitrogens is 2. The number of aryl methyl sites for hydroxylation is 1. The van der Waals surface area contributed by atoms with Gasteiger partial charge in [-0.3, -0.25) is 15.0 Å². The van der Waals surface area contributed by atoms with Crippen LogP contribution < -0.4 is 5.32 Å². The third-order valence-corrected chi connectivity index (χ3v) is 7.60. The molecule has 2 aromatic carbocycles. The number of fused-ring (bicyclic) bond motifs is 3. The Balaban J connectivity index is 1.46. The maximum atomic E-state index is 13.5. The van der Waals surface area contributed by atoms with E-state index < -0.39 is 11.5 Å². The van der Waals surface area contributed by atoms with Crippen LogP contribution in [0.1, 0.15) is 44.7 Å². The molecule has 5 heterocycles. The molecule has 7 rings (SSSR count). The molecule has 9 nitrogen and oxygen atoms in total. The molecule has 198 valence electrons. The summed E-state index contributed by atoms with van der Waals surface area (Å²) in [6.45, 7) is 0. The van der Waals surface area contributed by atoms with E-state index in [2.05, 4.69) is 26.4 Å². The molecule has 0 amide bonds. The smallest absolute Gasteiger partial charge is 0.335 e. The summed E-state index contributed by atoms with van der Waals surface area (Å²) in [5.41, 5.74) is 4.87. The number of hydrogen-bond acceptors (Lipinski definition) is 5. The molecule has 0 spiro atoms. The average molecular weight is 534 g/mol. The second-order valence-corrected chi connectivity index (χ2v) is 10.0. The van der Waals surface area contributed by atoms with Crippen molar-refractivity contribution < 1.29 is 14.3 Å². The number of para-hydroxylation sites is 1. The first-order chi connectivity index (χ1) is 19.4. The largest absolute Gasteiger partial charge is 0.478 e. The quantitative estimate of drug-likeness (QED) is 0.255. The van der Waals surface area contributed by atoms with Crippen molar-refractivity contribution in [1.82, 2.24) is 35.0 Å². The van der Waals surface area contributed by atoms with Crippen LogP contribution in [0.25, 0.3) is 22.2 Å². The molecular weight excluding hydrogens is 509 g/mol. The second-order valence-electron chi connectivity index (χ2n) is 10.0. The molecule has 1 unspecified atom stereocenters. The second kappa shape index (κ2) is 8.99. The Bertz CT molecular complexity index is 1890. The molecule has 0 fully saturated rings. The number of benzene rings is 2. The number of nitrogens with one attached hydrogen (secondary N) is 3. The van der Waals surface area contributed by atoms with Gasteiger partial charge >= 0.3 is 5.97 Å². The van der Waals surface area contributed by atoms with Gasteiger partial charge in [0.25, 0.3) is 0 Å². The Morgan fingerprint density at radius 2 is 1.90 bits per heavy atom. The summed E-state index contributed by atoms with van der Waals surface area (Å²) in [5, 5.41) is 19.1. The molecule has 0 bridgehead atoms. The van der Waals surface area contributed by atoms with Crippen molar-refractivity contribution in [3.05, 3.63) is 125 Å². The van der Waals surface area contributed by atoms with Crippen LogP contribution in [0.5, 0.6) is 0 Å². The van der Waals surface area contributed by atoms with E-state index in [4.69, 9.17) is 9.97 Å². The highest BCUT2D eigenvalue weighted by Gasteiger charge is 2.48. The lowest BCUT2D eigenvalue weighted by Gasteiger charge is -2.41. The van der Waals surface area contributed by atoms with Crippen molar-refractivity contribution in [3.63, 3.8) is 0 Å². The molecule has 4 aromatic heterocycles.